The maximum Gasteiger partial charge on any atom is 0.409 e. The fourth-order valence-electron chi connectivity index (χ4n) is 3.59. The quantitative estimate of drug-likeness (QED) is 0.392. The number of ether oxygens (including phenoxy) is 2. The van der Waals surface area contributed by atoms with E-state index < -0.39 is 18.2 Å². The van der Waals surface area contributed by atoms with Gasteiger partial charge in [0.2, 0.25) is 5.95 Å². The summed E-state index contributed by atoms with van der Waals surface area (Å²) in [5.74, 6) is 0.0964. The van der Waals surface area contributed by atoms with Gasteiger partial charge in [0.1, 0.15) is 11.8 Å². The Morgan fingerprint density at radius 3 is 2.68 bits per heavy atom. The van der Waals surface area contributed by atoms with Crippen LogP contribution in [0.1, 0.15) is 24.2 Å². The Kier molecular flexibility index (Phi) is 7.50. The summed E-state index contributed by atoms with van der Waals surface area (Å²) in [6.07, 6.45) is 0.745. The van der Waals surface area contributed by atoms with E-state index in [9.17, 15) is 18.0 Å². The number of halogens is 4. The molecular weight excluding hydrogens is 513 g/mol. The number of carbonyl (C=O) groups is 1. The second kappa shape index (κ2) is 10.6. The molecule has 3 aromatic rings. The van der Waals surface area contributed by atoms with Crippen LogP contribution < -0.4 is 20.5 Å². The minimum absolute atomic E-state index is 0.0858. The highest BCUT2D eigenvalue weighted by Crippen LogP contribution is 2.36. The van der Waals surface area contributed by atoms with E-state index in [4.69, 9.17) is 21.1 Å². The standard InChI is InChI=1S/C24H22ClF3N6O3/c1-4-37-22(35)15-6-14(10-29-11-15)19-12-30-23(31-17-7-16(25)8-18(9-17)36-3)32-21(19)34-13(2)5-20(33-34)24(26,27)28/h5-12,20,33H,4H2,1-3H3,(H,30,31,32). The summed E-state index contributed by atoms with van der Waals surface area (Å²) in [6.45, 7) is 3.37. The van der Waals surface area contributed by atoms with Gasteiger partial charge in [0.25, 0.3) is 0 Å². The lowest BCUT2D eigenvalue weighted by molar-refractivity contribution is -0.142. The lowest BCUT2D eigenvalue weighted by atomic mass is 10.1. The van der Waals surface area contributed by atoms with Crippen molar-refractivity contribution in [2.24, 2.45) is 0 Å². The molecule has 37 heavy (non-hydrogen) atoms. The first-order valence-electron chi connectivity index (χ1n) is 11.0. The average molecular weight is 535 g/mol. The smallest absolute Gasteiger partial charge is 0.409 e. The summed E-state index contributed by atoms with van der Waals surface area (Å²) in [4.78, 5) is 25.1. The van der Waals surface area contributed by atoms with Crippen LogP contribution in [0.4, 0.5) is 30.6 Å². The lowest BCUT2D eigenvalue weighted by Gasteiger charge is -2.25. The minimum atomic E-state index is -4.52. The number of hydrogen-bond acceptors (Lipinski definition) is 9. The van der Waals surface area contributed by atoms with E-state index >= 15 is 0 Å². The van der Waals surface area contributed by atoms with Crippen LogP contribution in [0, 0.1) is 0 Å². The van der Waals surface area contributed by atoms with Crippen LogP contribution in [-0.4, -0.2) is 46.9 Å². The molecule has 0 bridgehead atoms. The van der Waals surface area contributed by atoms with Crippen molar-refractivity contribution in [1.29, 1.82) is 0 Å². The first-order chi connectivity index (χ1) is 17.6. The Hall–Kier alpha value is -3.90. The second-order valence-corrected chi connectivity index (χ2v) is 8.35. The Balaban J connectivity index is 1.78. The number of nitrogens with one attached hydrogen (secondary N) is 2. The molecule has 1 unspecified atom stereocenters. The molecule has 0 spiro atoms. The van der Waals surface area contributed by atoms with Gasteiger partial charge in [-0.25, -0.2) is 15.2 Å². The van der Waals surface area contributed by atoms with Gasteiger partial charge in [-0.05, 0) is 38.1 Å². The Labute approximate surface area is 215 Å². The zero-order valence-electron chi connectivity index (χ0n) is 19.9. The van der Waals surface area contributed by atoms with Gasteiger partial charge in [-0.15, -0.1) is 0 Å². The van der Waals surface area contributed by atoms with Gasteiger partial charge in [-0.1, -0.05) is 11.6 Å². The number of anilines is 3. The molecule has 0 aliphatic carbocycles. The molecule has 9 nitrogen and oxygen atoms in total. The molecule has 0 saturated heterocycles. The van der Waals surface area contributed by atoms with E-state index in [0.717, 1.165) is 6.08 Å². The maximum absolute atomic E-state index is 13.5. The van der Waals surface area contributed by atoms with E-state index in [-0.39, 0.29) is 29.6 Å². The van der Waals surface area contributed by atoms with Crippen molar-refractivity contribution in [1.82, 2.24) is 20.4 Å². The first-order valence-corrected chi connectivity index (χ1v) is 11.4. The molecule has 0 amide bonds. The topological polar surface area (TPSA) is 102 Å². The molecule has 1 aliphatic rings. The van der Waals surface area contributed by atoms with Crippen molar-refractivity contribution in [3.8, 4) is 16.9 Å². The van der Waals surface area contributed by atoms with Gasteiger partial charge < -0.3 is 14.8 Å². The van der Waals surface area contributed by atoms with Crippen LogP contribution in [0.3, 0.4) is 0 Å². The Morgan fingerprint density at radius 1 is 1.22 bits per heavy atom. The number of hydrogen-bond donors (Lipinski definition) is 2. The van der Waals surface area contributed by atoms with E-state index in [1.165, 1.54) is 43.7 Å². The second-order valence-electron chi connectivity index (χ2n) is 7.91. The molecule has 1 aromatic carbocycles. The number of allylic oxidation sites excluding steroid dienone is 1. The van der Waals surface area contributed by atoms with Crippen molar-refractivity contribution >= 4 is 35.0 Å². The van der Waals surface area contributed by atoms with Crippen LogP contribution in [0.2, 0.25) is 5.02 Å². The predicted octanol–water partition coefficient (Wildman–Crippen LogP) is 5.28. The zero-order valence-corrected chi connectivity index (χ0v) is 20.7. The highest BCUT2D eigenvalue weighted by atomic mass is 35.5. The number of alkyl halides is 3. The molecule has 3 heterocycles. The Bertz CT molecular complexity index is 1350. The summed E-state index contributed by atoms with van der Waals surface area (Å²) in [7, 11) is 1.49. The summed E-state index contributed by atoms with van der Waals surface area (Å²) in [5, 5.41) is 4.61. The third kappa shape index (κ3) is 5.92. The summed E-state index contributed by atoms with van der Waals surface area (Å²) in [6, 6.07) is 4.50. The highest BCUT2D eigenvalue weighted by Gasteiger charge is 2.43. The molecule has 0 saturated carbocycles. The Morgan fingerprint density at radius 2 is 2.00 bits per heavy atom. The largest absolute Gasteiger partial charge is 0.497 e. The summed E-state index contributed by atoms with van der Waals surface area (Å²) < 4.78 is 50.7. The molecule has 2 aromatic heterocycles. The molecule has 2 N–H and O–H groups in total. The van der Waals surface area contributed by atoms with E-state index in [2.05, 4.69) is 25.7 Å². The molecule has 1 atom stereocenters. The number of carbonyl (C=O) groups excluding carboxylic acids is 1. The molecular formula is C24H22ClF3N6O3. The predicted molar refractivity (Wildman–Crippen MR) is 132 cm³/mol. The molecule has 4 rings (SSSR count). The fourth-order valence-corrected chi connectivity index (χ4v) is 3.82. The van der Waals surface area contributed by atoms with Gasteiger partial charge in [0, 0.05) is 52.2 Å². The van der Waals surface area contributed by atoms with Crippen LogP contribution in [0.5, 0.6) is 5.75 Å². The SMILES string of the molecule is CCOC(=O)c1cncc(-c2cnc(Nc3cc(Cl)cc(OC)c3)nc2N2NC(C(F)(F)F)C=C2C)c1. The van der Waals surface area contributed by atoms with Crippen LogP contribution >= 0.6 is 11.6 Å². The lowest BCUT2D eigenvalue weighted by Crippen LogP contribution is -2.45. The molecule has 0 radical (unpaired) electrons. The first kappa shape index (κ1) is 26.2. The molecule has 1 aliphatic heterocycles. The number of methoxy groups -OCH3 is 1. The van der Waals surface area contributed by atoms with Gasteiger partial charge >= 0.3 is 12.1 Å². The van der Waals surface area contributed by atoms with E-state index in [1.807, 2.05) is 0 Å². The third-order valence-corrected chi connectivity index (χ3v) is 5.50. The highest BCUT2D eigenvalue weighted by molar-refractivity contribution is 6.31. The third-order valence-electron chi connectivity index (χ3n) is 5.29. The number of benzene rings is 1. The number of hydrazine groups is 1. The summed E-state index contributed by atoms with van der Waals surface area (Å²) >= 11 is 6.14. The minimum Gasteiger partial charge on any atom is -0.497 e. The number of rotatable bonds is 7. The summed E-state index contributed by atoms with van der Waals surface area (Å²) in [5.41, 5.74) is 4.11. The molecule has 194 valence electrons. The van der Waals surface area contributed by atoms with Crippen molar-refractivity contribution in [3.63, 3.8) is 0 Å². The zero-order chi connectivity index (χ0) is 26.7. The van der Waals surface area contributed by atoms with Crippen molar-refractivity contribution in [2.75, 3.05) is 24.0 Å². The van der Waals surface area contributed by atoms with Crippen molar-refractivity contribution < 1.29 is 27.4 Å². The van der Waals surface area contributed by atoms with Gasteiger partial charge in [-0.3, -0.25) is 9.99 Å². The average Bonchev–Trinajstić information content (AvgIpc) is 3.26. The molecule has 0 fully saturated rings. The van der Waals surface area contributed by atoms with Crippen molar-refractivity contribution in [3.05, 3.63) is 65.2 Å². The van der Waals surface area contributed by atoms with Gasteiger partial charge in [-0.2, -0.15) is 18.2 Å². The maximum atomic E-state index is 13.5. The van der Waals surface area contributed by atoms with Crippen molar-refractivity contribution in [2.45, 2.75) is 26.1 Å². The van der Waals surface area contributed by atoms with Crippen LogP contribution in [0.15, 0.2) is 54.6 Å². The number of esters is 1. The number of nitrogens with zero attached hydrogens (tertiary/aromatic N) is 4. The monoisotopic (exact) mass is 534 g/mol. The van der Waals surface area contributed by atoms with Gasteiger partial charge in [0.05, 0.1) is 19.3 Å². The van der Waals surface area contributed by atoms with Gasteiger partial charge in [0.15, 0.2) is 5.82 Å². The van der Waals surface area contributed by atoms with E-state index in [0.29, 0.717) is 27.6 Å². The fraction of sp³-hybridized carbons (Fsp3) is 0.250. The number of pyridine rings is 1. The van der Waals surface area contributed by atoms with Crippen LogP contribution in [-0.2, 0) is 4.74 Å². The van der Waals surface area contributed by atoms with E-state index in [1.54, 1.807) is 25.1 Å². The number of aromatic nitrogens is 3. The van der Waals surface area contributed by atoms with Crippen LogP contribution in [0.25, 0.3) is 11.1 Å². The normalized spacial score (nSPS) is 15.4. The molecule has 13 heteroatoms.